The molecule has 0 bridgehead atoms. The molecule has 7 nitrogen and oxygen atoms in total. The number of morpholine rings is 1. The lowest BCUT2D eigenvalue weighted by atomic mass is 9.99. The molecule has 1 unspecified atom stereocenters. The van der Waals surface area contributed by atoms with Crippen molar-refractivity contribution in [2.75, 3.05) is 39.4 Å². The van der Waals surface area contributed by atoms with Crippen molar-refractivity contribution in [1.82, 2.24) is 20.7 Å². The Labute approximate surface area is 190 Å². The van der Waals surface area contributed by atoms with E-state index in [-0.39, 0.29) is 11.9 Å². The number of rotatable bonds is 10. The van der Waals surface area contributed by atoms with Crippen molar-refractivity contribution in [1.29, 1.82) is 0 Å². The van der Waals surface area contributed by atoms with Gasteiger partial charge < -0.3 is 19.9 Å². The third-order valence-electron chi connectivity index (χ3n) is 5.90. The van der Waals surface area contributed by atoms with Gasteiger partial charge in [-0.15, -0.1) is 0 Å². The van der Waals surface area contributed by atoms with Crippen LogP contribution in [-0.4, -0.2) is 55.4 Å². The second kappa shape index (κ2) is 12.6. The Balaban J connectivity index is 1.68. The highest BCUT2D eigenvalue weighted by Gasteiger charge is 2.23. The summed E-state index contributed by atoms with van der Waals surface area (Å²) in [7, 11) is 0. The maximum Gasteiger partial charge on any atom is 0.191 e. The smallest absolute Gasteiger partial charge is 0.191 e. The number of hydrogen-bond acceptors (Lipinski definition) is 5. The molecular formula is C24H36FN5O2. The number of guanidine groups is 1. The highest BCUT2D eigenvalue weighted by molar-refractivity contribution is 5.79. The van der Waals surface area contributed by atoms with E-state index in [1.54, 1.807) is 12.1 Å². The maximum absolute atomic E-state index is 13.9. The van der Waals surface area contributed by atoms with E-state index in [1.165, 1.54) is 6.07 Å². The Morgan fingerprint density at radius 2 is 1.94 bits per heavy atom. The van der Waals surface area contributed by atoms with E-state index in [4.69, 9.17) is 9.26 Å². The van der Waals surface area contributed by atoms with Crippen molar-refractivity contribution in [2.45, 2.75) is 52.1 Å². The molecule has 1 aromatic carbocycles. The van der Waals surface area contributed by atoms with Crippen LogP contribution in [0.2, 0.25) is 0 Å². The van der Waals surface area contributed by atoms with Gasteiger partial charge in [-0.1, -0.05) is 31.1 Å². The van der Waals surface area contributed by atoms with Crippen molar-refractivity contribution >= 4 is 5.96 Å². The molecule has 8 heteroatoms. The largest absolute Gasteiger partial charge is 0.379 e. The molecule has 1 aliphatic rings. The summed E-state index contributed by atoms with van der Waals surface area (Å²) in [5.74, 6) is 1.64. The molecule has 0 spiro atoms. The Hall–Kier alpha value is -2.45. The summed E-state index contributed by atoms with van der Waals surface area (Å²) in [6, 6.07) is 8.85. The number of hydrogen-bond donors (Lipinski definition) is 2. The zero-order chi connectivity index (χ0) is 22.8. The summed E-state index contributed by atoms with van der Waals surface area (Å²) in [4.78, 5) is 7.01. The molecule has 2 heterocycles. The average Bonchev–Trinajstić information content (AvgIpc) is 3.28. The standard InChI is InChI=1S/C24H36FN5O2/c1-4-18(5-2)22-15-21(32-29-22)16-27-24(26-6-3)28-17-23(30-10-12-31-13-11-30)19-8-7-9-20(25)14-19/h7-9,14-15,18,23H,4-6,10-13,16-17H2,1-3H3,(H2,26,27,28). The van der Waals surface area contributed by atoms with Gasteiger partial charge in [0.05, 0.1) is 24.9 Å². The summed E-state index contributed by atoms with van der Waals surface area (Å²) < 4.78 is 24.9. The Kier molecular flexibility index (Phi) is 9.49. The molecule has 176 valence electrons. The third-order valence-corrected chi connectivity index (χ3v) is 5.90. The van der Waals surface area contributed by atoms with E-state index >= 15 is 0 Å². The van der Waals surface area contributed by atoms with Gasteiger partial charge in [0, 0.05) is 38.2 Å². The molecule has 3 rings (SSSR count). The first-order valence-electron chi connectivity index (χ1n) is 11.7. The summed E-state index contributed by atoms with van der Waals surface area (Å²) in [6.07, 6.45) is 2.08. The summed E-state index contributed by atoms with van der Waals surface area (Å²) in [6.45, 7) is 11.1. The van der Waals surface area contributed by atoms with Crippen LogP contribution in [0.4, 0.5) is 4.39 Å². The van der Waals surface area contributed by atoms with Crippen LogP contribution in [0.25, 0.3) is 0 Å². The number of benzene rings is 1. The predicted molar refractivity (Wildman–Crippen MR) is 124 cm³/mol. The van der Waals surface area contributed by atoms with Gasteiger partial charge in [-0.2, -0.15) is 0 Å². The van der Waals surface area contributed by atoms with E-state index < -0.39 is 0 Å². The van der Waals surface area contributed by atoms with Gasteiger partial charge in [-0.05, 0) is 37.5 Å². The van der Waals surface area contributed by atoms with Gasteiger partial charge >= 0.3 is 0 Å². The first-order chi connectivity index (χ1) is 15.6. The van der Waals surface area contributed by atoms with Gasteiger partial charge in [0.2, 0.25) is 0 Å². The topological polar surface area (TPSA) is 74.9 Å². The van der Waals surface area contributed by atoms with Crippen LogP contribution in [0, 0.1) is 5.82 Å². The summed E-state index contributed by atoms with van der Waals surface area (Å²) in [5, 5.41) is 10.9. The molecule has 0 radical (unpaired) electrons. The van der Waals surface area contributed by atoms with Crippen molar-refractivity contribution in [3.8, 4) is 0 Å². The van der Waals surface area contributed by atoms with E-state index in [9.17, 15) is 4.39 Å². The minimum absolute atomic E-state index is 0.0187. The van der Waals surface area contributed by atoms with E-state index in [0.29, 0.717) is 38.2 Å². The van der Waals surface area contributed by atoms with Crippen LogP contribution in [0.3, 0.4) is 0 Å². The molecule has 1 aromatic heterocycles. The number of ether oxygens (including phenoxy) is 1. The number of aliphatic imine (C=N–C) groups is 1. The van der Waals surface area contributed by atoms with Crippen LogP contribution in [-0.2, 0) is 11.3 Å². The van der Waals surface area contributed by atoms with E-state index in [2.05, 4.69) is 39.5 Å². The lowest BCUT2D eigenvalue weighted by molar-refractivity contribution is 0.0169. The molecule has 1 aliphatic heterocycles. The quantitative estimate of drug-likeness (QED) is 0.428. The third kappa shape index (κ3) is 6.77. The van der Waals surface area contributed by atoms with Crippen LogP contribution >= 0.6 is 0 Å². The normalized spacial score (nSPS) is 16.3. The van der Waals surface area contributed by atoms with Gasteiger partial charge in [0.25, 0.3) is 0 Å². The van der Waals surface area contributed by atoms with Crippen LogP contribution in [0.5, 0.6) is 0 Å². The lowest BCUT2D eigenvalue weighted by Gasteiger charge is -2.35. The van der Waals surface area contributed by atoms with Crippen LogP contribution in [0.1, 0.15) is 62.6 Å². The number of halogens is 1. The molecule has 0 amide bonds. The molecule has 1 saturated heterocycles. The van der Waals surface area contributed by atoms with E-state index in [0.717, 1.165) is 49.5 Å². The Bertz CT molecular complexity index is 846. The van der Waals surface area contributed by atoms with Crippen molar-refractivity contribution < 1.29 is 13.7 Å². The van der Waals surface area contributed by atoms with Gasteiger partial charge in [-0.25, -0.2) is 9.38 Å². The predicted octanol–water partition coefficient (Wildman–Crippen LogP) is 3.85. The fourth-order valence-electron chi connectivity index (χ4n) is 4.06. The fourth-order valence-corrected chi connectivity index (χ4v) is 4.06. The molecule has 2 aromatic rings. The van der Waals surface area contributed by atoms with E-state index in [1.807, 2.05) is 19.1 Å². The average molecular weight is 446 g/mol. The summed E-state index contributed by atoms with van der Waals surface area (Å²) in [5.41, 5.74) is 1.94. The highest BCUT2D eigenvalue weighted by Crippen LogP contribution is 2.23. The molecule has 0 aliphatic carbocycles. The number of nitrogens with one attached hydrogen (secondary N) is 2. The fraction of sp³-hybridized carbons (Fsp3) is 0.583. The highest BCUT2D eigenvalue weighted by atomic mass is 19.1. The molecular weight excluding hydrogens is 409 g/mol. The number of aromatic nitrogens is 1. The summed E-state index contributed by atoms with van der Waals surface area (Å²) >= 11 is 0. The zero-order valence-electron chi connectivity index (χ0n) is 19.4. The molecule has 1 atom stereocenters. The van der Waals surface area contributed by atoms with Crippen LogP contribution < -0.4 is 10.6 Å². The first kappa shape index (κ1) is 24.2. The maximum atomic E-state index is 13.9. The minimum Gasteiger partial charge on any atom is -0.379 e. The SMILES string of the molecule is CCNC(=NCc1cc(C(CC)CC)no1)NCC(c1cccc(F)c1)N1CCOCC1. The lowest BCUT2D eigenvalue weighted by Crippen LogP contribution is -2.46. The molecule has 2 N–H and O–H groups in total. The van der Waals surface area contributed by atoms with Crippen molar-refractivity contribution in [3.63, 3.8) is 0 Å². The van der Waals surface area contributed by atoms with Crippen LogP contribution in [0.15, 0.2) is 39.8 Å². The van der Waals surface area contributed by atoms with Gasteiger partial charge in [-0.3, -0.25) is 4.90 Å². The monoisotopic (exact) mass is 445 g/mol. The molecule has 1 fully saturated rings. The Morgan fingerprint density at radius 3 is 2.62 bits per heavy atom. The second-order valence-electron chi connectivity index (χ2n) is 8.03. The Morgan fingerprint density at radius 1 is 1.16 bits per heavy atom. The zero-order valence-corrected chi connectivity index (χ0v) is 19.4. The molecule has 0 saturated carbocycles. The van der Waals surface area contributed by atoms with Crippen molar-refractivity contribution in [2.24, 2.45) is 4.99 Å². The van der Waals surface area contributed by atoms with Gasteiger partial charge in [0.1, 0.15) is 12.4 Å². The van der Waals surface area contributed by atoms with Crippen molar-refractivity contribution in [3.05, 3.63) is 53.2 Å². The first-order valence-corrected chi connectivity index (χ1v) is 11.7. The number of nitrogens with zero attached hydrogens (tertiary/aromatic N) is 3. The minimum atomic E-state index is -0.222. The second-order valence-corrected chi connectivity index (χ2v) is 8.03. The van der Waals surface area contributed by atoms with Gasteiger partial charge in [0.15, 0.2) is 11.7 Å². The molecule has 32 heavy (non-hydrogen) atoms.